The van der Waals surface area contributed by atoms with Gasteiger partial charge in [-0.3, -0.25) is 9.89 Å². The van der Waals surface area contributed by atoms with Crippen LogP contribution < -0.4 is 0 Å². The van der Waals surface area contributed by atoms with Crippen LogP contribution in [0.3, 0.4) is 0 Å². The molecule has 2 aromatic rings. The number of benzene rings is 1. The monoisotopic (exact) mass is 597 g/mol. The maximum Gasteiger partial charge on any atom is 0.183 e. The van der Waals surface area contributed by atoms with Gasteiger partial charge in [-0.05, 0) is 74.3 Å². The van der Waals surface area contributed by atoms with E-state index >= 15 is 0 Å². The van der Waals surface area contributed by atoms with Crippen LogP contribution in [0.2, 0.25) is 5.02 Å². The summed E-state index contributed by atoms with van der Waals surface area (Å²) in [5.41, 5.74) is -1.52. The van der Waals surface area contributed by atoms with Gasteiger partial charge in [-0.1, -0.05) is 61.5 Å². The summed E-state index contributed by atoms with van der Waals surface area (Å²) in [5.74, 6) is 0.142. The number of aromatic amines is 1. The number of Topliss-reactive ketones (excluding diaryl/α,β-unsaturated/α-hetero) is 1. The lowest BCUT2D eigenvalue weighted by Gasteiger charge is -2.71. The number of aliphatic hydroxyl groups is 2. The summed E-state index contributed by atoms with van der Waals surface area (Å²) in [4.78, 5) is 18.7. The summed E-state index contributed by atoms with van der Waals surface area (Å²) in [7, 11) is 0. The maximum atomic E-state index is 14.9. The van der Waals surface area contributed by atoms with Crippen molar-refractivity contribution >= 4 is 29.1 Å². The molecular formula is C32H37ClFN3O3S. The van der Waals surface area contributed by atoms with Crippen molar-refractivity contribution in [2.75, 3.05) is 5.75 Å². The van der Waals surface area contributed by atoms with E-state index in [0.717, 1.165) is 37.7 Å². The van der Waals surface area contributed by atoms with Gasteiger partial charge in [0.2, 0.25) is 0 Å². The average molecular weight is 598 g/mol. The van der Waals surface area contributed by atoms with Crippen molar-refractivity contribution in [3.05, 3.63) is 64.7 Å². The van der Waals surface area contributed by atoms with E-state index < -0.39 is 33.8 Å². The fourth-order valence-electron chi connectivity index (χ4n) is 10.0. The summed E-state index contributed by atoms with van der Waals surface area (Å²) in [6.07, 6.45) is 13.1. The van der Waals surface area contributed by atoms with Gasteiger partial charge in [0, 0.05) is 44.6 Å². The summed E-state index contributed by atoms with van der Waals surface area (Å²) >= 11 is 7.89. The van der Waals surface area contributed by atoms with E-state index in [1.165, 1.54) is 24.2 Å². The molecule has 9 heteroatoms. The number of nitrogens with zero attached hydrogens (tertiary/aromatic N) is 2. The van der Waals surface area contributed by atoms with Gasteiger partial charge < -0.3 is 10.2 Å². The lowest BCUT2D eigenvalue weighted by Crippen LogP contribution is -2.67. The first-order valence-corrected chi connectivity index (χ1v) is 16.1. The summed E-state index contributed by atoms with van der Waals surface area (Å²) in [6.45, 7) is 4.57. The minimum Gasteiger partial charge on any atom is -0.393 e. The first kappa shape index (κ1) is 27.8. The Labute approximate surface area is 249 Å². The van der Waals surface area contributed by atoms with Crippen LogP contribution >= 0.6 is 23.4 Å². The predicted octanol–water partition coefficient (Wildman–Crippen LogP) is 6.09. The molecule has 6 aliphatic carbocycles. The highest BCUT2D eigenvalue weighted by molar-refractivity contribution is 7.99. The van der Waals surface area contributed by atoms with E-state index in [1.54, 1.807) is 12.1 Å². The molecule has 1 unspecified atom stereocenters. The molecule has 2 bridgehead atoms. The van der Waals surface area contributed by atoms with Crippen molar-refractivity contribution in [3.63, 3.8) is 0 Å². The molecular weight excluding hydrogens is 561 g/mol. The maximum absolute atomic E-state index is 14.9. The number of carbonyl (C=O) groups is 1. The highest BCUT2D eigenvalue weighted by Crippen LogP contribution is 2.78. The molecule has 0 saturated heterocycles. The standard InChI is InChI=1S/C32H37ClFN3O3S/c1-28-9-6-19(38)15-30(28)12-13-32(21(16-30)24(39)14-20-22(33)4-3-5-23(20)34)25(28)7-10-29(2)26(32)8-11-31(29,40)17-41-27-35-18-36-37-27/h3-5,12-13,16,18-19,25-26,38,40H,6-11,14-15,17H2,1-2H3,(H,35,36,37)/t19?,25-,26-,28-,29+,30+,31-,32-/m1/s1. The van der Waals surface area contributed by atoms with Crippen molar-refractivity contribution in [2.45, 2.75) is 82.1 Å². The summed E-state index contributed by atoms with van der Waals surface area (Å²) in [6, 6.07) is 4.54. The third kappa shape index (κ3) is 3.66. The van der Waals surface area contributed by atoms with Crippen LogP contribution in [0.15, 0.2) is 53.5 Å². The predicted molar refractivity (Wildman–Crippen MR) is 156 cm³/mol. The SMILES string of the molecule is C[C@]12CC[C@H]3[C@]4(C=C[C@@]5(C=C4C(=O)Cc4c(F)cccc4Cl)CC(O)CC[C@]35C)[C@@H]1CC[C@@]2(O)CSc1ncn[nH]1. The van der Waals surface area contributed by atoms with E-state index in [0.29, 0.717) is 23.8 Å². The molecule has 1 heterocycles. The number of aromatic nitrogens is 3. The van der Waals surface area contributed by atoms with Gasteiger partial charge in [0.05, 0.1) is 11.7 Å². The molecule has 41 heavy (non-hydrogen) atoms. The van der Waals surface area contributed by atoms with Crippen molar-refractivity contribution in [2.24, 2.45) is 33.5 Å². The molecule has 3 N–H and O–H groups in total. The Hall–Kier alpha value is -2.00. The highest BCUT2D eigenvalue weighted by Gasteiger charge is 2.74. The fraction of sp³-hybridized carbons (Fsp3) is 0.594. The second-order valence-corrected chi connectivity index (χ2v) is 15.1. The Balaban J connectivity index is 1.33. The van der Waals surface area contributed by atoms with Crippen molar-refractivity contribution < 1.29 is 19.4 Å². The van der Waals surface area contributed by atoms with E-state index in [4.69, 9.17) is 11.6 Å². The van der Waals surface area contributed by atoms with Crippen molar-refractivity contribution in [1.82, 2.24) is 15.2 Å². The van der Waals surface area contributed by atoms with Crippen LogP contribution in [0.25, 0.3) is 0 Å². The molecule has 8 rings (SSSR count). The quantitative estimate of drug-likeness (QED) is 0.275. The number of nitrogens with one attached hydrogen (secondary N) is 1. The zero-order valence-electron chi connectivity index (χ0n) is 23.5. The zero-order valence-corrected chi connectivity index (χ0v) is 25.1. The van der Waals surface area contributed by atoms with Gasteiger partial charge in [0.25, 0.3) is 0 Å². The minimum atomic E-state index is -0.943. The van der Waals surface area contributed by atoms with Crippen LogP contribution in [-0.4, -0.2) is 48.6 Å². The number of fused-ring (bicyclic) bond motifs is 1. The average Bonchev–Trinajstić information content (AvgIpc) is 3.55. The fourth-order valence-corrected chi connectivity index (χ4v) is 11.4. The first-order valence-electron chi connectivity index (χ1n) is 14.8. The van der Waals surface area contributed by atoms with Crippen LogP contribution in [0.5, 0.6) is 0 Å². The molecule has 218 valence electrons. The van der Waals surface area contributed by atoms with Crippen LogP contribution in [-0.2, 0) is 11.2 Å². The van der Waals surface area contributed by atoms with Crippen molar-refractivity contribution in [3.8, 4) is 0 Å². The van der Waals surface area contributed by atoms with Gasteiger partial charge in [0.1, 0.15) is 12.1 Å². The minimum absolute atomic E-state index is 0.0404. The second kappa shape index (κ2) is 9.25. The molecule has 1 aromatic carbocycles. The Morgan fingerprint density at radius 2 is 1.90 bits per heavy atom. The second-order valence-electron chi connectivity index (χ2n) is 13.7. The zero-order chi connectivity index (χ0) is 28.8. The number of rotatable bonds is 6. The normalized spacial score (nSPS) is 42.4. The highest BCUT2D eigenvalue weighted by atomic mass is 35.5. The molecule has 6 aliphatic rings. The first-order chi connectivity index (χ1) is 19.5. The number of allylic oxidation sites excluding steroid dienone is 4. The van der Waals surface area contributed by atoms with Gasteiger partial charge in [0.15, 0.2) is 10.9 Å². The number of carbonyl (C=O) groups excluding carboxylic acids is 1. The van der Waals surface area contributed by atoms with Crippen LogP contribution in [0, 0.1) is 39.3 Å². The van der Waals surface area contributed by atoms with Gasteiger partial charge in [-0.2, -0.15) is 5.10 Å². The number of hydrogen-bond acceptors (Lipinski definition) is 6. The number of hydrogen-bond donors (Lipinski definition) is 3. The molecule has 3 saturated carbocycles. The molecule has 0 radical (unpaired) electrons. The number of H-pyrrole nitrogens is 1. The topological polar surface area (TPSA) is 99.1 Å². The van der Waals surface area contributed by atoms with Crippen molar-refractivity contribution in [1.29, 1.82) is 0 Å². The van der Waals surface area contributed by atoms with Gasteiger partial charge in [-0.25, -0.2) is 9.37 Å². The van der Waals surface area contributed by atoms with Crippen LogP contribution in [0.4, 0.5) is 4.39 Å². The Morgan fingerprint density at radius 3 is 2.66 bits per heavy atom. The molecule has 3 fully saturated rings. The molecule has 6 nitrogen and oxygen atoms in total. The molecule has 1 aromatic heterocycles. The number of thioether (sulfide) groups is 1. The Kier molecular flexibility index (Phi) is 6.27. The van der Waals surface area contributed by atoms with E-state index in [-0.39, 0.29) is 40.0 Å². The Bertz CT molecular complexity index is 1450. The molecule has 8 atom stereocenters. The number of aliphatic hydroxyl groups excluding tert-OH is 1. The molecule has 0 aliphatic heterocycles. The number of ketones is 1. The molecule has 0 amide bonds. The van der Waals surface area contributed by atoms with E-state index in [1.807, 2.05) is 0 Å². The summed E-state index contributed by atoms with van der Waals surface area (Å²) in [5, 5.41) is 30.9. The third-order valence-corrected chi connectivity index (χ3v) is 13.7. The van der Waals surface area contributed by atoms with Gasteiger partial charge >= 0.3 is 0 Å². The lowest BCUT2D eigenvalue weighted by atomic mass is 9.32. The van der Waals surface area contributed by atoms with E-state index in [9.17, 15) is 19.4 Å². The molecule has 2 spiro atoms. The largest absolute Gasteiger partial charge is 0.393 e. The Morgan fingerprint density at radius 1 is 1.15 bits per heavy atom. The summed E-state index contributed by atoms with van der Waals surface area (Å²) < 4.78 is 14.9. The van der Waals surface area contributed by atoms with E-state index in [2.05, 4.69) is 47.3 Å². The van der Waals surface area contributed by atoms with Gasteiger partial charge in [-0.15, -0.1) is 0 Å². The number of halogens is 2. The van der Waals surface area contributed by atoms with Crippen LogP contribution in [0.1, 0.15) is 64.4 Å². The lowest BCUT2D eigenvalue weighted by molar-refractivity contribution is -0.170. The smallest absolute Gasteiger partial charge is 0.183 e. The third-order valence-electron chi connectivity index (χ3n) is 12.3.